The lowest BCUT2D eigenvalue weighted by atomic mass is 9.88. The molecule has 4 heterocycles. The molecule has 0 unspecified atom stereocenters. The highest BCUT2D eigenvalue weighted by molar-refractivity contribution is 5.82. The van der Waals surface area contributed by atoms with Crippen molar-refractivity contribution < 1.29 is 9.90 Å². The van der Waals surface area contributed by atoms with Crippen LogP contribution in [0.3, 0.4) is 0 Å². The number of aliphatic hydroxyl groups excluding tert-OH is 1. The standard InChI is InChI=1S/C24H30N4O3/c1-3-6-17-8-9-20-21-18(14-27(20)24(17)31)19(15-29)22(23(30)26-10-4-2)28(21)13-16-7-5-11-25-12-16/h3,5-9,11-12,18-19,21-22,29H,4,10,13-15H2,1-2H3,(H,26,30)/b6-3-/t18-,19-,21+,22-/m1/s1. The number of nitrogens with zero attached hydrogens (tertiary/aromatic N) is 3. The van der Waals surface area contributed by atoms with Crippen LogP contribution in [0.1, 0.15) is 43.1 Å². The Balaban J connectivity index is 1.77. The molecule has 4 atom stereocenters. The Morgan fingerprint density at radius 1 is 1.35 bits per heavy atom. The first-order chi connectivity index (χ1) is 15.1. The van der Waals surface area contributed by atoms with Crippen molar-refractivity contribution in [3.05, 3.63) is 69.9 Å². The molecule has 0 radical (unpaired) electrons. The number of hydrogen-bond donors (Lipinski definition) is 2. The summed E-state index contributed by atoms with van der Waals surface area (Å²) in [5.74, 6) is -0.311. The van der Waals surface area contributed by atoms with Crippen LogP contribution in [0.15, 0.2) is 47.5 Å². The van der Waals surface area contributed by atoms with E-state index in [0.29, 0.717) is 25.2 Å². The normalized spacial score (nSPS) is 25.0. The zero-order valence-electron chi connectivity index (χ0n) is 18.1. The van der Waals surface area contributed by atoms with Crippen LogP contribution in [-0.4, -0.2) is 44.7 Å². The van der Waals surface area contributed by atoms with Crippen molar-refractivity contribution in [2.24, 2.45) is 11.8 Å². The number of likely N-dealkylation sites (tertiary alicyclic amines) is 1. The summed E-state index contributed by atoms with van der Waals surface area (Å²) in [5.41, 5.74) is 2.55. The Hall–Kier alpha value is -2.77. The minimum absolute atomic E-state index is 0.00685. The van der Waals surface area contributed by atoms with E-state index in [4.69, 9.17) is 0 Å². The predicted molar refractivity (Wildman–Crippen MR) is 119 cm³/mol. The van der Waals surface area contributed by atoms with Crippen LogP contribution in [0, 0.1) is 11.8 Å². The molecule has 31 heavy (non-hydrogen) atoms. The molecule has 0 aliphatic carbocycles. The summed E-state index contributed by atoms with van der Waals surface area (Å²) in [4.78, 5) is 32.6. The van der Waals surface area contributed by atoms with Crippen molar-refractivity contribution >= 4 is 12.0 Å². The average Bonchev–Trinajstić information content (AvgIpc) is 3.30. The van der Waals surface area contributed by atoms with Gasteiger partial charge in [0.1, 0.15) is 0 Å². The van der Waals surface area contributed by atoms with Crippen molar-refractivity contribution in [3.8, 4) is 0 Å². The molecule has 0 spiro atoms. The molecule has 1 saturated heterocycles. The Morgan fingerprint density at radius 2 is 2.19 bits per heavy atom. The van der Waals surface area contributed by atoms with Gasteiger partial charge in [-0.2, -0.15) is 0 Å². The monoisotopic (exact) mass is 422 g/mol. The fourth-order valence-electron chi connectivity index (χ4n) is 5.16. The van der Waals surface area contributed by atoms with Crippen molar-refractivity contribution in [1.29, 1.82) is 0 Å². The molecule has 7 nitrogen and oxygen atoms in total. The number of amides is 1. The van der Waals surface area contributed by atoms with Gasteiger partial charge in [-0.1, -0.05) is 25.1 Å². The number of nitrogens with one attached hydrogen (secondary N) is 1. The quantitative estimate of drug-likeness (QED) is 0.712. The Labute approximate surface area is 182 Å². The summed E-state index contributed by atoms with van der Waals surface area (Å²) in [6, 6.07) is 7.17. The molecule has 1 fully saturated rings. The summed E-state index contributed by atoms with van der Waals surface area (Å²) in [5, 5.41) is 13.3. The highest BCUT2D eigenvalue weighted by Crippen LogP contribution is 2.49. The summed E-state index contributed by atoms with van der Waals surface area (Å²) < 4.78 is 1.82. The highest BCUT2D eigenvalue weighted by Gasteiger charge is 2.55. The van der Waals surface area contributed by atoms with E-state index in [1.807, 2.05) is 54.8 Å². The predicted octanol–water partition coefficient (Wildman–Crippen LogP) is 1.97. The fourth-order valence-corrected chi connectivity index (χ4v) is 5.16. The van der Waals surface area contributed by atoms with Crippen molar-refractivity contribution in [2.45, 2.75) is 45.4 Å². The van der Waals surface area contributed by atoms with Crippen LogP contribution in [-0.2, 0) is 17.9 Å². The zero-order valence-corrected chi connectivity index (χ0v) is 18.1. The van der Waals surface area contributed by atoms with E-state index in [1.54, 1.807) is 12.4 Å². The van der Waals surface area contributed by atoms with Crippen molar-refractivity contribution in [2.75, 3.05) is 13.2 Å². The van der Waals surface area contributed by atoms with Crippen LogP contribution in [0.25, 0.3) is 6.08 Å². The van der Waals surface area contributed by atoms with Gasteiger partial charge in [0.2, 0.25) is 5.91 Å². The van der Waals surface area contributed by atoms with Crippen LogP contribution in [0.5, 0.6) is 0 Å². The van der Waals surface area contributed by atoms with Crippen LogP contribution in [0.4, 0.5) is 0 Å². The van der Waals surface area contributed by atoms with Crippen molar-refractivity contribution in [3.63, 3.8) is 0 Å². The number of carbonyl (C=O) groups is 1. The molecule has 2 aromatic heterocycles. The van der Waals surface area contributed by atoms with E-state index in [2.05, 4.69) is 15.2 Å². The van der Waals surface area contributed by atoms with Crippen LogP contribution >= 0.6 is 0 Å². The van der Waals surface area contributed by atoms with Gasteiger partial charge in [-0.25, -0.2) is 0 Å². The first-order valence-corrected chi connectivity index (χ1v) is 11.0. The van der Waals surface area contributed by atoms with Gasteiger partial charge in [-0.05, 0) is 37.1 Å². The number of fused-ring (bicyclic) bond motifs is 3. The van der Waals surface area contributed by atoms with E-state index in [-0.39, 0.29) is 36.0 Å². The molecule has 4 rings (SSSR count). The van der Waals surface area contributed by atoms with Crippen molar-refractivity contribution in [1.82, 2.24) is 19.8 Å². The molecular formula is C24H30N4O3. The first kappa shape index (κ1) is 21.5. The SMILES string of the molecule is C/C=C\c1ccc2n(c1=O)C[C@@H]1[C@@H](CO)[C@H](C(=O)NCCC)N(Cc3cccnc3)[C@H]21. The third kappa shape index (κ3) is 3.83. The van der Waals surface area contributed by atoms with Gasteiger partial charge in [0.25, 0.3) is 5.56 Å². The lowest BCUT2D eigenvalue weighted by molar-refractivity contribution is -0.128. The summed E-state index contributed by atoms with van der Waals surface area (Å²) in [7, 11) is 0. The van der Waals surface area contributed by atoms with Gasteiger partial charge in [-0.15, -0.1) is 0 Å². The molecule has 164 valence electrons. The maximum atomic E-state index is 13.2. The van der Waals surface area contributed by atoms with E-state index in [1.165, 1.54) is 0 Å². The molecule has 2 aliphatic rings. The van der Waals surface area contributed by atoms with E-state index in [0.717, 1.165) is 17.7 Å². The number of hydrogen-bond acceptors (Lipinski definition) is 5. The van der Waals surface area contributed by atoms with Crippen LogP contribution in [0.2, 0.25) is 0 Å². The number of pyridine rings is 2. The zero-order chi connectivity index (χ0) is 22.0. The summed E-state index contributed by atoms with van der Waals surface area (Å²) in [6.07, 6.45) is 8.06. The number of allylic oxidation sites excluding steroid dienone is 1. The Bertz CT molecular complexity index is 1020. The molecule has 0 bridgehead atoms. The molecule has 2 aliphatic heterocycles. The maximum Gasteiger partial charge on any atom is 0.258 e. The molecule has 0 saturated carbocycles. The third-order valence-electron chi connectivity index (χ3n) is 6.47. The molecule has 2 aromatic rings. The minimum atomic E-state index is -0.453. The largest absolute Gasteiger partial charge is 0.396 e. The van der Waals surface area contributed by atoms with Gasteiger partial charge in [-0.3, -0.25) is 19.5 Å². The second-order valence-electron chi connectivity index (χ2n) is 8.35. The first-order valence-electron chi connectivity index (χ1n) is 11.0. The minimum Gasteiger partial charge on any atom is -0.396 e. The summed E-state index contributed by atoms with van der Waals surface area (Å²) in [6.45, 7) is 5.46. The number of rotatable bonds is 7. The average molecular weight is 423 g/mol. The molecule has 7 heteroatoms. The second-order valence-corrected chi connectivity index (χ2v) is 8.35. The third-order valence-corrected chi connectivity index (χ3v) is 6.47. The summed E-state index contributed by atoms with van der Waals surface area (Å²) >= 11 is 0. The lowest BCUT2D eigenvalue weighted by Crippen LogP contribution is -2.48. The van der Waals surface area contributed by atoms with E-state index in [9.17, 15) is 14.7 Å². The van der Waals surface area contributed by atoms with E-state index >= 15 is 0 Å². The Kier molecular flexibility index (Phi) is 6.34. The maximum absolute atomic E-state index is 13.2. The smallest absolute Gasteiger partial charge is 0.258 e. The van der Waals surface area contributed by atoms with Gasteiger partial charge >= 0.3 is 0 Å². The fraction of sp³-hybridized carbons (Fsp3) is 0.458. The van der Waals surface area contributed by atoms with Gasteiger partial charge in [0.15, 0.2) is 0 Å². The number of aromatic nitrogens is 2. The van der Waals surface area contributed by atoms with Gasteiger partial charge < -0.3 is 15.0 Å². The van der Waals surface area contributed by atoms with E-state index < -0.39 is 6.04 Å². The number of aliphatic hydroxyl groups is 1. The topological polar surface area (TPSA) is 87.5 Å². The van der Waals surface area contributed by atoms with Gasteiger partial charge in [0, 0.05) is 61.7 Å². The highest BCUT2D eigenvalue weighted by atomic mass is 16.3. The number of carbonyl (C=O) groups excluding carboxylic acids is 1. The lowest BCUT2D eigenvalue weighted by Gasteiger charge is -2.30. The molecular weight excluding hydrogens is 392 g/mol. The second kappa shape index (κ2) is 9.16. The Morgan fingerprint density at radius 3 is 2.87 bits per heavy atom. The molecule has 0 aromatic carbocycles. The van der Waals surface area contributed by atoms with Crippen LogP contribution < -0.4 is 10.9 Å². The molecule has 1 amide bonds. The van der Waals surface area contributed by atoms with Gasteiger partial charge in [0.05, 0.1) is 12.1 Å². The molecule has 2 N–H and O–H groups in total.